The molecule has 2 aliphatic rings. The van der Waals surface area contributed by atoms with E-state index in [4.69, 9.17) is 26.1 Å². The Morgan fingerprint density at radius 3 is 2.42 bits per heavy atom. The standard InChI is InChI=1S/C29H39ClN6O4/c1-18-34-35-27-23(17-25(37)31-14-6-7-15-32-28(38)40-29(2,3)4)33-26(19-8-10-20(30)11-9-19)22-16-21(39-5)12-13-24(22)36(18)27/h8-13,16,18,23,27,34-35H,6-7,14-15,17H2,1-5H3,(H,31,37)(H,32,38)/t18?,23-,27?/m0/s1. The summed E-state index contributed by atoms with van der Waals surface area (Å²) >= 11 is 6.18. The van der Waals surface area contributed by atoms with Crippen molar-refractivity contribution in [3.05, 3.63) is 58.6 Å². The zero-order valence-corrected chi connectivity index (χ0v) is 24.5. The number of hydrogen-bond acceptors (Lipinski definition) is 8. The quantitative estimate of drug-likeness (QED) is 0.337. The predicted molar refractivity (Wildman–Crippen MR) is 157 cm³/mol. The van der Waals surface area contributed by atoms with Gasteiger partial charge in [-0.2, -0.15) is 0 Å². The number of carbonyl (C=O) groups excluding carboxylic acids is 2. The summed E-state index contributed by atoms with van der Waals surface area (Å²) in [6, 6.07) is 13.1. The average molecular weight is 571 g/mol. The van der Waals surface area contributed by atoms with E-state index in [1.54, 1.807) is 7.11 Å². The lowest BCUT2D eigenvalue weighted by Gasteiger charge is -2.31. The number of halogens is 1. The number of aliphatic imine (C=N–C) groups is 1. The van der Waals surface area contributed by atoms with Crippen molar-refractivity contribution in [2.75, 3.05) is 25.1 Å². The van der Waals surface area contributed by atoms with Crippen LogP contribution < -0.4 is 31.1 Å². The number of unbranched alkanes of at least 4 members (excludes halogenated alkanes) is 1. The fourth-order valence-corrected chi connectivity index (χ4v) is 4.95. The summed E-state index contributed by atoms with van der Waals surface area (Å²) in [5, 5.41) is 6.39. The van der Waals surface area contributed by atoms with Gasteiger partial charge in [-0.25, -0.2) is 15.6 Å². The highest BCUT2D eigenvalue weighted by molar-refractivity contribution is 6.30. The molecule has 1 saturated heterocycles. The highest BCUT2D eigenvalue weighted by Crippen LogP contribution is 2.36. The summed E-state index contributed by atoms with van der Waals surface area (Å²) in [7, 11) is 1.64. The van der Waals surface area contributed by atoms with Crippen molar-refractivity contribution in [2.45, 2.75) is 70.9 Å². The Balaban J connectivity index is 1.46. The third-order valence-corrected chi connectivity index (χ3v) is 6.91. The number of nitrogens with zero attached hydrogens (tertiary/aromatic N) is 2. The van der Waals surface area contributed by atoms with Crippen LogP contribution in [0.25, 0.3) is 0 Å². The second kappa shape index (κ2) is 12.9. The lowest BCUT2D eigenvalue weighted by Crippen LogP contribution is -2.47. The number of amides is 2. The van der Waals surface area contributed by atoms with Gasteiger partial charge in [0, 0.05) is 34.9 Å². The summed E-state index contributed by atoms with van der Waals surface area (Å²) in [5.74, 6) is 0.635. The Bertz CT molecular complexity index is 1230. The molecule has 2 aromatic carbocycles. The van der Waals surface area contributed by atoms with Crippen molar-refractivity contribution in [2.24, 2.45) is 4.99 Å². The Morgan fingerprint density at radius 2 is 1.75 bits per heavy atom. The van der Waals surface area contributed by atoms with Gasteiger partial charge >= 0.3 is 6.09 Å². The van der Waals surface area contributed by atoms with Crippen LogP contribution >= 0.6 is 11.6 Å². The minimum Gasteiger partial charge on any atom is -0.497 e. The number of benzene rings is 2. The van der Waals surface area contributed by atoms with Crippen molar-refractivity contribution in [1.82, 2.24) is 21.5 Å². The van der Waals surface area contributed by atoms with Gasteiger partial charge in [0.1, 0.15) is 17.5 Å². The molecule has 2 aliphatic heterocycles. The maximum atomic E-state index is 13.1. The SMILES string of the molecule is COc1ccc2c(c1)C(c1ccc(Cl)cc1)=N[C@@H](CC(=O)NCCCCNC(=O)OC(C)(C)C)C1NNC(C)N21. The molecule has 4 rings (SSSR count). The number of alkyl carbamates (subject to hydrolysis) is 1. The lowest BCUT2D eigenvalue weighted by molar-refractivity contribution is -0.121. The molecule has 4 N–H and O–H groups in total. The van der Waals surface area contributed by atoms with Crippen LogP contribution in [-0.2, 0) is 9.53 Å². The molecule has 0 radical (unpaired) electrons. The Kier molecular flexibility index (Phi) is 9.55. The summed E-state index contributed by atoms with van der Waals surface area (Å²) in [6.07, 6.45) is 0.938. The van der Waals surface area contributed by atoms with Gasteiger partial charge in [-0.05, 0) is 70.9 Å². The van der Waals surface area contributed by atoms with Crippen molar-refractivity contribution >= 4 is 35.0 Å². The van der Waals surface area contributed by atoms with Gasteiger partial charge in [-0.15, -0.1) is 0 Å². The van der Waals surface area contributed by atoms with Crippen molar-refractivity contribution in [3.8, 4) is 5.75 Å². The molecule has 3 atom stereocenters. The summed E-state index contributed by atoms with van der Waals surface area (Å²) < 4.78 is 10.8. The van der Waals surface area contributed by atoms with Gasteiger partial charge < -0.3 is 25.0 Å². The number of fused-ring (bicyclic) bond motifs is 3. The second-order valence-corrected chi connectivity index (χ2v) is 11.4. The van der Waals surface area contributed by atoms with Crippen LogP contribution in [0.4, 0.5) is 10.5 Å². The topological polar surface area (TPSA) is 116 Å². The number of anilines is 1. The first-order valence-corrected chi connectivity index (χ1v) is 14.0. The van der Waals surface area contributed by atoms with Crippen LogP contribution in [0, 0.1) is 0 Å². The van der Waals surface area contributed by atoms with Crippen LogP contribution in [0.1, 0.15) is 58.1 Å². The van der Waals surface area contributed by atoms with Crippen molar-refractivity contribution in [1.29, 1.82) is 0 Å². The first-order valence-electron chi connectivity index (χ1n) is 13.6. The number of hydrazine groups is 1. The molecular weight excluding hydrogens is 532 g/mol. The third-order valence-electron chi connectivity index (χ3n) is 6.66. The van der Waals surface area contributed by atoms with Crippen LogP contribution in [0.3, 0.4) is 0 Å². The van der Waals surface area contributed by atoms with Crippen LogP contribution in [0.2, 0.25) is 5.02 Å². The molecule has 40 heavy (non-hydrogen) atoms. The van der Waals surface area contributed by atoms with Crippen LogP contribution in [0.15, 0.2) is 47.5 Å². The molecule has 216 valence electrons. The minimum absolute atomic E-state index is 0.0278. The normalized spacial score (nSPS) is 20.1. The molecule has 0 aliphatic carbocycles. The van der Waals surface area contributed by atoms with Gasteiger partial charge in [0.05, 0.1) is 31.4 Å². The van der Waals surface area contributed by atoms with Gasteiger partial charge in [-0.1, -0.05) is 23.7 Å². The number of carbonyl (C=O) groups is 2. The van der Waals surface area contributed by atoms with Gasteiger partial charge in [0.2, 0.25) is 5.91 Å². The molecule has 0 saturated carbocycles. The Labute approximate surface area is 240 Å². The van der Waals surface area contributed by atoms with Crippen molar-refractivity contribution in [3.63, 3.8) is 0 Å². The number of hydrogen-bond donors (Lipinski definition) is 4. The molecule has 2 amide bonds. The monoisotopic (exact) mass is 570 g/mol. The van der Waals surface area contributed by atoms with E-state index >= 15 is 0 Å². The average Bonchev–Trinajstić information content (AvgIpc) is 3.22. The Morgan fingerprint density at radius 1 is 1.05 bits per heavy atom. The molecule has 1 fully saturated rings. The highest BCUT2D eigenvalue weighted by atomic mass is 35.5. The highest BCUT2D eigenvalue weighted by Gasteiger charge is 2.40. The summed E-state index contributed by atoms with van der Waals surface area (Å²) in [4.78, 5) is 32.3. The van der Waals surface area contributed by atoms with Gasteiger partial charge in [0.15, 0.2) is 0 Å². The first kappa shape index (κ1) is 29.6. The molecule has 0 spiro atoms. The Hall–Kier alpha value is -3.34. The zero-order chi connectivity index (χ0) is 28.9. The van der Waals surface area contributed by atoms with Gasteiger partial charge in [0.25, 0.3) is 0 Å². The molecule has 0 bridgehead atoms. The van der Waals surface area contributed by atoms with E-state index in [1.807, 2.05) is 63.2 Å². The number of ether oxygens (including phenoxy) is 2. The maximum absolute atomic E-state index is 13.1. The fraction of sp³-hybridized carbons (Fsp3) is 0.483. The van der Waals surface area contributed by atoms with Crippen LogP contribution in [-0.4, -0.2) is 61.9 Å². The van der Waals surface area contributed by atoms with E-state index in [0.29, 0.717) is 18.1 Å². The van der Waals surface area contributed by atoms with E-state index in [2.05, 4.69) is 33.3 Å². The number of rotatable bonds is 9. The lowest BCUT2D eigenvalue weighted by atomic mass is 9.99. The molecule has 2 unspecified atom stereocenters. The smallest absolute Gasteiger partial charge is 0.407 e. The van der Waals surface area contributed by atoms with E-state index in [1.165, 1.54) is 0 Å². The molecule has 10 nitrogen and oxygen atoms in total. The number of nitrogens with one attached hydrogen (secondary N) is 4. The first-order chi connectivity index (χ1) is 19.1. The molecule has 2 aromatic rings. The number of methoxy groups -OCH3 is 1. The van der Waals surface area contributed by atoms with Crippen molar-refractivity contribution < 1.29 is 19.1 Å². The second-order valence-electron chi connectivity index (χ2n) is 10.9. The molecule has 11 heteroatoms. The summed E-state index contributed by atoms with van der Waals surface area (Å²) in [5.41, 5.74) is 9.71. The minimum atomic E-state index is -0.531. The van der Waals surface area contributed by atoms with Gasteiger partial charge in [-0.3, -0.25) is 9.79 Å². The maximum Gasteiger partial charge on any atom is 0.407 e. The van der Waals surface area contributed by atoms with E-state index in [0.717, 1.165) is 41.1 Å². The third kappa shape index (κ3) is 7.44. The van der Waals surface area contributed by atoms with Crippen LogP contribution in [0.5, 0.6) is 5.75 Å². The molecule has 0 aromatic heterocycles. The molecular formula is C29H39ClN6O4. The fourth-order valence-electron chi connectivity index (χ4n) is 4.83. The molecule has 2 heterocycles. The zero-order valence-electron chi connectivity index (χ0n) is 23.7. The summed E-state index contributed by atoms with van der Waals surface area (Å²) in [6.45, 7) is 8.52. The van der Waals surface area contributed by atoms with E-state index < -0.39 is 11.7 Å². The largest absolute Gasteiger partial charge is 0.497 e. The van der Waals surface area contributed by atoms with E-state index in [-0.39, 0.29) is 30.7 Å². The van der Waals surface area contributed by atoms with E-state index in [9.17, 15) is 9.59 Å². The predicted octanol–water partition coefficient (Wildman–Crippen LogP) is 3.97.